The average molecular weight is 353 g/mol. The fraction of sp³-hybridized carbons (Fsp3) is 0.588. The van der Waals surface area contributed by atoms with Gasteiger partial charge in [-0.3, -0.25) is 14.5 Å². The smallest absolute Gasteiger partial charge is 0.272 e. The molecule has 1 aliphatic heterocycles. The van der Waals surface area contributed by atoms with Crippen LogP contribution in [0.3, 0.4) is 0 Å². The molecule has 1 saturated heterocycles. The number of carbonyl (C=O) groups is 2. The van der Waals surface area contributed by atoms with Crippen LogP contribution in [0.1, 0.15) is 30.8 Å². The Morgan fingerprint density at radius 3 is 2.54 bits per heavy atom. The van der Waals surface area contributed by atoms with Crippen LogP contribution < -0.4 is 0 Å². The van der Waals surface area contributed by atoms with Crippen molar-refractivity contribution in [1.82, 2.24) is 19.7 Å². The highest BCUT2D eigenvalue weighted by Gasteiger charge is 2.23. The minimum atomic E-state index is -0.0800. The molecule has 0 atom stereocenters. The minimum absolute atomic E-state index is 0.0800. The summed E-state index contributed by atoms with van der Waals surface area (Å²) in [6, 6.07) is 3.33. The summed E-state index contributed by atoms with van der Waals surface area (Å²) in [7, 11) is 0. The molecule has 0 aliphatic carbocycles. The zero-order chi connectivity index (χ0) is 17.5. The van der Waals surface area contributed by atoms with Crippen molar-refractivity contribution in [3.05, 3.63) is 29.0 Å². The van der Waals surface area contributed by atoms with Crippen LogP contribution in [0.4, 0.5) is 0 Å². The molecule has 2 amide bonds. The Balaban J connectivity index is 1.91. The highest BCUT2D eigenvalue weighted by Crippen LogP contribution is 2.11. The third-order valence-corrected chi connectivity index (χ3v) is 4.52. The van der Waals surface area contributed by atoms with Gasteiger partial charge >= 0.3 is 0 Å². The lowest BCUT2D eigenvalue weighted by molar-refractivity contribution is -0.132. The molecule has 1 fully saturated rings. The Bertz CT molecular complexity index is 560. The van der Waals surface area contributed by atoms with Gasteiger partial charge in [-0.15, -0.1) is 0 Å². The molecule has 0 bridgehead atoms. The van der Waals surface area contributed by atoms with E-state index in [1.807, 2.05) is 18.7 Å². The number of hydrogen-bond donors (Lipinski definition) is 0. The summed E-state index contributed by atoms with van der Waals surface area (Å²) in [5.41, 5.74) is 0.409. The topological polar surface area (TPSA) is 56.8 Å². The lowest BCUT2D eigenvalue weighted by Crippen LogP contribution is -2.42. The van der Waals surface area contributed by atoms with E-state index in [9.17, 15) is 9.59 Å². The van der Waals surface area contributed by atoms with Gasteiger partial charge in [-0.2, -0.15) is 0 Å². The van der Waals surface area contributed by atoms with Crippen molar-refractivity contribution in [2.75, 3.05) is 45.8 Å². The predicted molar refractivity (Wildman–Crippen MR) is 94.1 cm³/mol. The maximum absolute atomic E-state index is 12.5. The van der Waals surface area contributed by atoms with Crippen LogP contribution in [0.5, 0.6) is 0 Å². The highest BCUT2D eigenvalue weighted by atomic mass is 35.5. The standard InChI is InChI=1S/C17H25ClN4O2/c1-3-21(4-2)16(23)13-20-8-5-9-22(11-10-20)17(24)15-7-6-14(18)12-19-15/h6-7,12H,3-5,8-11,13H2,1-2H3. The molecule has 0 aromatic carbocycles. The van der Waals surface area contributed by atoms with E-state index in [2.05, 4.69) is 9.88 Å². The zero-order valence-corrected chi connectivity index (χ0v) is 15.1. The molecule has 1 aromatic rings. The first-order valence-electron chi connectivity index (χ1n) is 8.46. The molecule has 0 spiro atoms. The molecule has 1 aromatic heterocycles. The van der Waals surface area contributed by atoms with E-state index in [1.165, 1.54) is 6.20 Å². The summed E-state index contributed by atoms with van der Waals surface area (Å²) >= 11 is 5.82. The van der Waals surface area contributed by atoms with E-state index in [-0.39, 0.29) is 11.8 Å². The van der Waals surface area contributed by atoms with E-state index in [4.69, 9.17) is 11.6 Å². The molecule has 132 valence electrons. The number of halogens is 1. The Hall–Kier alpha value is -1.66. The van der Waals surface area contributed by atoms with Gasteiger partial charge in [0.05, 0.1) is 11.6 Å². The Morgan fingerprint density at radius 1 is 1.17 bits per heavy atom. The average Bonchev–Trinajstić information content (AvgIpc) is 2.81. The van der Waals surface area contributed by atoms with Gasteiger partial charge in [0.1, 0.15) is 5.69 Å². The zero-order valence-electron chi connectivity index (χ0n) is 14.4. The van der Waals surface area contributed by atoms with Crippen molar-refractivity contribution >= 4 is 23.4 Å². The number of amides is 2. The second kappa shape index (κ2) is 8.99. The predicted octanol–water partition coefficient (Wildman–Crippen LogP) is 1.75. The Kier molecular flexibility index (Phi) is 6.99. The molecule has 0 radical (unpaired) electrons. The molecule has 24 heavy (non-hydrogen) atoms. The van der Waals surface area contributed by atoms with Gasteiger partial charge in [-0.1, -0.05) is 11.6 Å². The fourth-order valence-electron chi connectivity index (χ4n) is 2.86. The number of pyridine rings is 1. The number of likely N-dealkylation sites (N-methyl/N-ethyl adjacent to an activating group) is 1. The van der Waals surface area contributed by atoms with Gasteiger partial charge < -0.3 is 9.80 Å². The molecule has 7 heteroatoms. The first-order chi connectivity index (χ1) is 11.5. The molecular weight excluding hydrogens is 328 g/mol. The quantitative estimate of drug-likeness (QED) is 0.810. The second-order valence-corrected chi connectivity index (χ2v) is 6.29. The van der Waals surface area contributed by atoms with Crippen LogP contribution >= 0.6 is 11.6 Å². The number of aromatic nitrogens is 1. The van der Waals surface area contributed by atoms with Crippen LogP contribution in [0.25, 0.3) is 0 Å². The van der Waals surface area contributed by atoms with Crippen molar-refractivity contribution in [2.24, 2.45) is 0 Å². The summed E-state index contributed by atoms with van der Waals surface area (Å²) < 4.78 is 0. The first-order valence-corrected chi connectivity index (χ1v) is 8.83. The molecule has 2 heterocycles. The van der Waals surface area contributed by atoms with Gasteiger partial charge in [-0.05, 0) is 32.4 Å². The number of nitrogens with zero attached hydrogens (tertiary/aromatic N) is 4. The number of rotatable bonds is 5. The van der Waals surface area contributed by atoms with Crippen LogP contribution in [-0.4, -0.2) is 77.3 Å². The summed E-state index contributed by atoms with van der Waals surface area (Å²) in [6.45, 7) is 8.67. The minimum Gasteiger partial charge on any atom is -0.342 e. The monoisotopic (exact) mass is 352 g/mol. The summed E-state index contributed by atoms with van der Waals surface area (Å²) in [4.78, 5) is 34.6. The Morgan fingerprint density at radius 2 is 1.92 bits per heavy atom. The van der Waals surface area contributed by atoms with Crippen LogP contribution in [-0.2, 0) is 4.79 Å². The van der Waals surface area contributed by atoms with Crippen molar-refractivity contribution in [1.29, 1.82) is 0 Å². The molecule has 0 unspecified atom stereocenters. The lowest BCUT2D eigenvalue weighted by Gasteiger charge is -2.25. The molecule has 1 aliphatic rings. The van der Waals surface area contributed by atoms with Gasteiger partial charge in [0.2, 0.25) is 5.91 Å². The lowest BCUT2D eigenvalue weighted by atomic mass is 10.3. The molecule has 2 rings (SSSR count). The summed E-state index contributed by atoms with van der Waals surface area (Å²) in [5, 5.41) is 0.517. The normalized spacial score (nSPS) is 15.9. The van der Waals surface area contributed by atoms with Crippen molar-refractivity contribution in [2.45, 2.75) is 20.3 Å². The van der Waals surface area contributed by atoms with Crippen LogP contribution in [0.2, 0.25) is 5.02 Å². The summed E-state index contributed by atoms with van der Waals surface area (Å²) in [6.07, 6.45) is 2.34. The van der Waals surface area contributed by atoms with Crippen LogP contribution in [0.15, 0.2) is 18.3 Å². The highest BCUT2D eigenvalue weighted by molar-refractivity contribution is 6.30. The largest absolute Gasteiger partial charge is 0.342 e. The molecule has 0 N–H and O–H groups in total. The van der Waals surface area contributed by atoms with Gasteiger partial charge in [0.15, 0.2) is 0 Å². The number of carbonyl (C=O) groups excluding carboxylic acids is 2. The SMILES string of the molecule is CCN(CC)C(=O)CN1CCCN(C(=O)c2ccc(Cl)cn2)CC1. The third kappa shape index (κ3) is 4.92. The Labute approximate surface area is 148 Å². The maximum Gasteiger partial charge on any atom is 0.272 e. The van der Waals surface area contributed by atoms with Gasteiger partial charge in [0.25, 0.3) is 5.91 Å². The summed E-state index contributed by atoms with van der Waals surface area (Å²) in [5.74, 6) is 0.0720. The van der Waals surface area contributed by atoms with Gasteiger partial charge in [0, 0.05) is 45.5 Å². The van der Waals surface area contributed by atoms with Crippen molar-refractivity contribution < 1.29 is 9.59 Å². The van der Waals surface area contributed by atoms with E-state index in [0.717, 1.165) is 26.1 Å². The van der Waals surface area contributed by atoms with Crippen molar-refractivity contribution in [3.8, 4) is 0 Å². The van der Waals surface area contributed by atoms with Gasteiger partial charge in [-0.25, -0.2) is 4.98 Å². The first kappa shape index (κ1) is 18.7. The number of hydrogen-bond acceptors (Lipinski definition) is 4. The molecular formula is C17H25ClN4O2. The van der Waals surface area contributed by atoms with E-state index < -0.39 is 0 Å². The van der Waals surface area contributed by atoms with E-state index in [0.29, 0.717) is 36.9 Å². The van der Waals surface area contributed by atoms with E-state index >= 15 is 0 Å². The molecule has 0 saturated carbocycles. The van der Waals surface area contributed by atoms with E-state index in [1.54, 1.807) is 17.0 Å². The molecule has 6 nitrogen and oxygen atoms in total. The third-order valence-electron chi connectivity index (χ3n) is 4.30. The maximum atomic E-state index is 12.5. The fourth-order valence-corrected chi connectivity index (χ4v) is 2.98. The van der Waals surface area contributed by atoms with Crippen molar-refractivity contribution in [3.63, 3.8) is 0 Å². The van der Waals surface area contributed by atoms with Crippen LogP contribution in [0, 0.1) is 0 Å². The second-order valence-electron chi connectivity index (χ2n) is 5.85.